The zero-order chi connectivity index (χ0) is 23.4. The molecule has 9 heteroatoms. The summed E-state index contributed by atoms with van der Waals surface area (Å²) in [6.07, 6.45) is -0.355. The van der Waals surface area contributed by atoms with Gasteiger partial charge in [0.15, 0.2) is 0 Å². The number of halogens is 4. The largest absolute Gasteiger partial charge is 0.419 e. The molecule has 2 saturated heterocycles. The number of anilines is 1. The van der Waals surface area contributed by atoms with Gasteiger partial charge in [-0.2, -0.15) is 13.2 Å². The molecule has 1 aromatic carbocycles. The van der Waals surface area contributed by atoms with Gasteiger partial charge in [-0.3, -0.25) is 4.79 Å². The second-order valence-electron chi connectivity index (χ2n) is 8.64. The highest BCUT2D eigenvalue weighted by Crippen LogP contribution is 2.36. The van der Waals surface area contributed by atoms with Crippen LogP contribution in [-0.4, -0.2) is 48.1 Å². The Labute approximate surface area is 190 Å². The number of aromatic nitrogens is 1. The number of carbonyl (C=O) groups excluding carboxylic acids is 1. The van der Waals surface area contributed by atoms with Crippen molar-refractivity contribution in [3.63, 3.8) is 0 Å². The van der Waals surface area contributed by atoms with E-state index in [1.54, 1.807) is 21.9 Å². The normalized spacial score (nSPS) is 21.3. The fourth-order valence-corrected chi connectivity index (χ4v) is 4.62. The SMILES string of the molecule is O=C(C1CCCN(c2ncccc2C(F)(F)F)C1)N(Cc1cccc(F)c1)CC1CCCO1. The lowest BCUT2D eigenvalue weighted by Crippen LogP contribution is -2.47. The number of pyridine rings is 1. The lowest BCUT2D eigenvalue weighted by molar-refractivity contribution is -0.138. The molecule has 2 aliphatic heterocycles. The van der Waals surface area contributed by atoms with E-state index in [2.05, 4.69) is 4.98 Å². The topological polar surface area (TPSA) is 45.7 Å². The van der Waals surface area contributed by atoms with Gasteiger partial charge < -0.3 is 14.5 Å². The maximum Gasteiger partial charge on any atom is 0.419 e. The molecule has 2 unspecified atom stereocenters. The molecule has 2 atom stereocenters. The van der Waals surface area contributed by atoms with Crippen molar-refractivity contribution in [2.75, 3.05) is 31.1 Å². The van der Waals surface area contributed by atoms with Gasteiger partial charge in [0.05, 0.1) is 17.6 Å². The van der Waals surface area contributed by atoms with Crippen molar-refractivity contribution in [1.82, 2.24) is 9.88 Å². The zero-order valence-electron chi connectivity index (χ0n) is 18.2. The summed E-state index contributed by atoms with van der Waals surface area (Å²) >= 11 is 0. The van der Waals surface area contributed by atoms with Crippen LogP contribution in [0.4, 0.5) is 23.4 Å². The first kappa shape index (κ1) is 23.5. The Morgan fingerprint density at radius 2 is 2.03 bits per heavy atom. The van der Waals surface area contributed by atoms with E-state index >= 15 is 0 Å². The minimum Gasteiger partial charge on any atom is -0.376 e. The Morgan fingerprint density at radius 3 is 2.76 bits per heavy atom. The van der Waals surface area contributed by atoms with Crippen molar-refractivity contribution in [3.8, 4) is 0 Å². The summed E-state index contributed by atoms with van der Waals surface area (Å²) in [4.78, 5) is 20.8. The van der Waals surface area contributed by atoms with Crippen LogP contribution in [0.25, 0.3) is 0 Å². The number of ether oxygens (including phenoxy) is 1. The van der Waals surface area contributed by atoms with Crippen molar-refractivity contribution in [1.29, 1.82) is 0 Å². The summed E-state index contributed by atoms with van der Waals surface area (Å²) in [6, 6.07) is 8.38. The fraction of sp³-hybridized carbons (Fsp3) is 0.500. The van der Waals surface area contributed by atoms with Crippen LogP contribution in [0.1, 0.15) is 36.8 Å². The molecule has 0 N–H and O–H groups in total. The lowest BCUT2D eigenvalue weighted by atomic mass is 9.95. The van der Waals surface area contributed by atoms with E-state index in [0.29, 0.717) is 38.1 Å². The molecule has 178 valence electrons. The molecule has 0 saturated carbocycles. The highest BCUT2D eigenvalue weighted by molar-refractivity contribution is 5.80. The van der Waals surface area contributed by atoms with Gasteiger partial charge in [0.2, 0.25) is 5.91 Å². The van der Waals surface area contributed by atoms with Gasteiger partial charge in [0.25, 0.3) is 0 Å². The van der Waals surface area contributed by atoms with Crippen molar-refractivity contribution in [3.05, 3.63) is 59.5 Å². The number of hydrogen-bond donors (Lipinski definition) is 0. The summed E-state index contributed by atoms with van der Waals surface area (Å²) in [5.41, 5.74) is -0.132. The number of hydrogen-bond acceptors (Lipinski definition) is 4. The minimum absolute atomic E-state index is 0.0881. The second kappa shape index (κ2) is 10.1. The fourth-order valence-electron chi connectivity index (χ4n) is 4.62. The highest BCUT2D eigenvalue weighted by Gasteiger charge is 2.38. The van der Waals surface area contributed by atoms with E-state index in [1.165, 1.54) is 24.4 Å². The van der Waals surface area contributed by atoms with E-state index in [4.69, 9.17) is 4.74 Å². The van der Waals surface area contributed by atoms with Crippen molar-refractivity contribution >= 4 is 11.7 Å². The zero-order valence-corrected chi connectivity index (χ0v) is 18.2. The third-order valence-corrected chi connectivity index (χ3v) is 6.18. The molecule has 1 amide bonds. The van der Waals surface area contributed by atoms with Crippen molar-refractivity contribution in [2.45, 2.75) is 44.5 Å². The van der Waals surface area contributed by atoms with Crippen LogP contribution >= 0.6 is 0 Å². The number of benzene rings is 1. The molecule has 0 radical (unpaired) electrons. The monoisotopic (exact) mass is 465 g/mol. The molecule has 1 aromatic heterocycles. The molecule has 0 spiro atoms. The van der Waals surface area contributed by atoms with Crippen LogP contribution in [0.5, 0.6) is 0 Å². The Hall–Kier alpha value is -2.68. The minimum atomic E-state index is -4.52. The number of rotatable bonds is 6. The molecule has 2 fully saturated rings. The standard InChI is InChI=1S/C24H27F4N3O2/c25-19-7-1-5-17(13-19)14-31(16-20-8-4-12-33-20)23(32)18-6-3-11-30(15-18)22-21(24(26,27)28)9-2-10-29-22/h1-2,5,7,9-10,13,18,20H,3-4,6,8,11-12,14-16H2. The molecule has 0 bridgehead atoms. The maximum atomic E-state index is 13.7. The molecular formula is C24H27F4N3O2. The first-order chi connectivity index (χ1) is 15.8. The lowest BCUT2D eigenvalue weighted by Gasteiger charge is -2.37. The molecule has 5 nitrogen and oxygen atoms in total. The average molecular weight is 465 g/mol. The number of carbonyl (C=O) groups is 1. The summed E-state index contributed by atoms with van der Waals surface area (Å²) in [6.45, 7) is 1.81. The van der Waals surface area contributed by atoms with E-state index in [-0.39, 0.29) is 36.7 Å². The van der Waals surface area contributed by atoms with Crippen LogP contribution in [-0.2, 0) is 22.3 Å². The smallest absolute Gasteiger partial charge is 0.376 e. The summed E-state index contributed by atoms with van der Waals surface area (Å²) in [5.74, 6) is -1.14. The maximum absolute atomic E-state index is 13.7. The predicted molar refractivity (Wildman–Crippen MR) is 115 cm³/mol. The number of amides is 1. The third-order valence-electron chi connectivity index (χ3n) is 6.18. The van der Waals surface area contributed by atoms with Gasteiger partial charge in [-0.25, -0.2) is 9.37 Å². The van der Waals surface area contributed by atoms with Crippen LogP contribution in [0.3, 0.4) is 0 Å². The van der Waals surface area contributed by atoms with Gasteiger partial charge in [-0.05, 0) is 55.5 Å². The summed E-state index contributed by atoms with van der Waals surface area (Å²) in [5, 5.41) is 0. The molecule has 2 aromatic rings. The van der Waals surface area contributed by atoms with Crippen LogP contribution < -0.4 is 4.90 Å². The quantitative estimate of drug-likeness (QED) is 0.582. The summed E-state index contributed by atoms with van der Waals surface area (Å²) < 4.78 is 59.9. The Kier molecular flexibility index (Phi) is 7.17. The van der Waals surface area contributed by atoms with Crippen molar-refractivity contribution in [2.24, 2.45) is 5.92 Å². The number of piperidine rings is 1. The van der Waals surface area contributed by atoms with Gasteiger partial charge in [-0.1, -0.05) is 12.1 Å². The van der Waals surface area contributed by atoms with Crippen LogP contribution in [0.2, 0.25) is 0 Å². The molecular weight excluding hydrogens is 438 g/mol. The Morgan fingerprint density at radius 1 is 1.18 bits per heavy atom. The van der Waals surface area contributed by atoms with Crippen molar-refractivity contribution < 1.29 is 27.1 Å². The van der Waals surface area contributed by atoms with E-state index < -0.39 is 17.7 Å². The van der Waals surface area contributed by atoms with Gasteiger partial charge in [-0.15, -0.1) is 0 Å². The third kappa shape index (κ3) is 5.82. The highest BCUT2D eigenvalue weighted by atomic mass is 19.4. The summed E-state index contributed by atoms with van der Waals surface area (Å²) in [7, 11) is 0. The van der Waals surface area contributed by atoms with Crippen LogP contribution in [0, 0.1) is 11.7 Å². The van der Waals surface area contributed by atoms with Gasteiger partial charge >= 0.3 is 6.18 Å². The first-order valence-electron chi connectivity index (χ1n) is 11.2. The average Bonchev–Trinajstić information content (AvgIpc) is 3.31. The molecule has 4 rings (SSSR count). The molecule has 33 heavy (non-hydrogen) atoms. The molecule has 2 aliphatic rings. The number of alkyl halides is 3. The Bertz CT molecular complexity index is 963. The van der Waals surface area contributed by atoms with E-state index in [9.17, 15) is 22.4 Å². The van der Waals surface area contributed by atoms with Gasteiger partial charge in [0.1, 0.15) is 11.6 Å². The first-order valence-corrected chi connectivity index (χ1v) is 11.2. The second-order valence-corrected chi connectivity index (χ2v) is 8.64. The number of nitrogens with zero attached hydrogens (tertiary/aromatic N) is 3. The van der Waals surface area contributed by atoms with Crippen LogP contribution in [0.15, 0.2) is 42.6 Å². The molecule has 3 heterocycles. The van der Waals surface area contributed by atoms with E-state index in [0.717, 1.165) is 18.9 Å². The van der Waals surface area contributed by atoms with E-state index in [1.807, 2.05) is 0 Å². The molecule has 0 aliphatic carbocycles. The predicted octanol–water partition coefficient (Wildman–Crippen LogP) is 4.66. The van der Waals surface area contributed by atoms with Gasteiger partial charge in [0, 0.05) is 39.0 Å². The Balaban J connectivity index is 1.53.